The van der Waals surface area contributed by atoms with E-state index in [4.69, 9.17) is 11.2 Å². The van der Waals surface area contributed by atoms with Crippen molar-refractivity contribution in [3.05, 3.63) is 35.9 Å². The van der Waals surface area contributed by atoms with Crippen LogP contribution in [0.5, 0.6) is 0 Å². The van der Waals surface area contributed by atoms with Crippen LogP contribution in [0.3, 0.4) is 0 Å². The van der Waals surface area contributed by atoms with Gasteiger partial charge in [0, 0.05) is 19.1 Å². The van der Waals surface area contributed by atoms with Crippen LogP contribution in [0.15, 0.2) is 30.3 Å². The lowest BCUT2D eigenvalue weighted by atomic mass is 10.1. The maximum atomic E-state index is 5.63. The number of hydrogen-bond donors (Lipinski definition) is 1. The van der Waals surface area contributed by atoms with E-state index in [9.17, 15) is 0 Å². The highest BCUT2D eigenvalue weighted by Crippen LogP contribution is 2.03. The number of hydrogen-bond acceptors (Lipinski definition) is 2. The predicted octanol–water partition coefficient (Wildman–Crippen LogP) is 2.59. The lowest BCUT2D eigenvalue weighted by Gasteiger charge is -2.15. The first kappa shape index (κ1) is 13.8. The number of nitrogens with one attached hydrogen (secondary N) is 1. The first-order valence-electron chi connectivity index (χ1n) is 6.15. The van der Waals surface area contributed by atoms with Crippen molar-refractivity contribution >= 4 is 0 Å². The van der Waals surface area contributed by atoms with Gasteiger partial charge in [-0.3, -0.25) is 0 Å². The molecule has 0 radical (unpaired) electrons. The molecule has 0 saturated carbocycles. The summed E-state index contributed by atoms with van der Waals surface area (Å²) in [5, 5.41) is 3.36. The van der Waals surface area contributed by atoms with Gasteiger partial charge < -0.3 is 10.1 Å². The Labute approximate surface area is 104 Å². The summed E-state index contributed by atoms with van der Waals surface area (Å²) in [5.41, 5.74) is 1.21. The second-order valence-corrected chi connectivity index (χ2v) is 3.99. The third kappa shape index (κ3) is 6.11. The molecule has 0 amide bonds. The van der Waals surface area contributed by atoms with E-state index in [2.05, 4.69) is 30.3 Å². The number of ether oxygens (including phenoxy) is 1. The molecule has 1 aromatic carbocycles. The van der Waals surface area contributed by atoms with Crippen molar-refractivity contribution in [2.24, 2.45) is 0 Å². The van der Waals surface area contributed by atoms with Crippen molar-refractivity contribution in [1.82, 2.24) is 5.32 Å². The fraction of sp³-hybridized carbons (Fsp3) is 0.467. The molecule has 0 saturated heterocycles. The van der Waals surface area contributed by atoms with Crippen LogP contribution in [0.1, 0.15) is 25.3 Å². The fourth-order valence-electron chi connectivity index (χ4n) is 1.70. The summed E-state index contributed by atoms with van der Waals surface area (Å²) < 4.78 is 5.63. The Bertz CT molecular complexity index is 329. The molecule has 0 fully saturated rings. The highest BCUT2D eigenvalue weighted by atomic mass is 16.5. The maximum absolute atomic E-state index is 5.63. The summed E-state index contributed by atoms with van der Waals surface area (Å²) in [7, 11) is 0. The molecule has 1 unspecified atom stereocenters. The summed E-state index contributed by atoms with van der Waals surface area (Å²) >= 11 is 0. The Kier molecular flexibility index (Phi) is 7.13. The third-order valence-electron chi connectivity index (χ3n) is 2.58. The average molecular weight is 231 g/mol. The van der Waals surface area contributed by atoms with Gasteiger partial charge in [-0.2, -0.15) is 0 Å². The highest BCUT2D eigenvalue weighted by Gasteiger charge is 2.04. The molecule has 0 aromatic heterocycles. The van der Waals surface area contributed by atoms with Gasteiger partial charge in [-0.1, -0.05) is 37.3 Å². The number of rotatable bonds is 8. The molecule has 92 valence electrons. The number of terminal acetylenes is 1. The van der Waals surface area contributed by atoms with Crippen molar-refractivity contribution in [2.75, 3.05) is 13.2 Å². The van der Waals surface area contributed by atoms with E-state index in [1.54, 1.807) is 0 Å². The first-order valence-corrected chi connectivity index (χ1v) is 6.15. The summed E-state index contributed by atoms with van der Waals surface area (Å²) in [6.45, 7) is 4.46. The number of benzene rings is 1. The van der Waals surface area contributed by atoms with E-state index in [-0.39, 0.29) is 0 Å². The van der Waals surface area contributed by atoms with Crippen molar-refractivity contribution in [3.63, 3.8) is 0 Å². The SMILES string of the molecule is C#CCC(CCOCc1ccccc1)NCC. The van der Waals surface area contributed by atoms with E-state index in [0.717, 1.165) is 26.0 Å². The fourth-order valence-corrected chi connectivity index (χ4v) is 1.70. The van der Waals surface area contributed by atoms with Gasteiger partial charge in [0.2, 0.25) is 0 Å². The Hall–Kier alpha value is -1.30. The van der Waals surface area contributed by atoms with Crippen molar-refractivity contribution < 1.29 is 4.74 Å². The van der Waals surface area contributed by atoms with Crippen LogP contribution >= 0.6 is 0 Å². The Balaban J connectivity index is 2.16. The van der Waals surface area contributed by atoms with E-state index in [0.29, 0.717) is 12.6 Å². The molecule has 0 aliphatic carbocycles. The quantitative estimate of drug-likeness (QED) is 0.548. The van der Waals surface area contributed by atoms with Gasteiger partial charge in [0.05, 0.1) is 6.61 Å². The molecule has 1 aromatic rings. The minimum absolute atomic E-state index is 0.376. The molecule has 1 rings (SSSR count). The van der Waals surface area contributed by atoms with Crippen LogP contribution < -0.4 is 5.32 Å². The molecule has 0 heterocycles. The zero-order valence-electron chi connectivity index (χ0n) is 10.5. The predicted molar refractivity (Wildman–Crippen MR) is 71.6 cm³/mol. The van der Waals surface area contributed by atoms with Crippen LogP contribution in [0, 0.1) is 12.3 Å². The summed E-state index contributed by atoms with van der Waals surface area (Å²) in [6.07, 6.45) is 7.05. The molecule has 0 bridgehead atoms. The zero-order valence-corrected chi connectivity index (χ0v) is 10.5. The van der Waals surface area contributed by atoms with Gasteiger partial charge in [0.1, 0.15) is 0 Å². The van der Waals surface area contributed by atoms with E-state index in [1.807, 2.05) is 18.2 Å². The topological polar surface area (TPSA) is 21.3 Å². The minimum atomic E-state index is 0.376. The first-order chi connectivity index (χ1) is 8.36. The lowest BCUT2D eigenvalue weighted by Crippen LogP contribution is -2.29. The van der Waals surface area contributed by atoms with Gasteiger partial charge in [-0.15, -0.1) is 12.3 Å². The van der Waals surface area contributed by atoms with Gasteiger partial charge in [0.25, 0.3) is 0 Å². The molecule has 1 atom stereocenters. The molecule has 0 spiro atoms. The van der Waals surface area contributed by atoms with Gasteiger partial charge >= 0.3 is 0 Å². The standard InChI is InChI=1S/C15H21NO/c1-3-8-15(16-4-2)11-12-17-13-14-9-6-5-7-10-14/h1,5-7,9-10,15-16H,4,8,11-13H2,2H3. The maximum Gasteiger partial charge on any atom is 0.0716 e. The Morgan fingerprint density at radius 1 is 1.35 bits per heavy atom. The average Bonchev–Trinajstić information content (AvgIpc) is 2.36. The molecule has 0 aliphatic heterocycles. The second-order valence-electron chi connectivity index (χ2n) is 3.99. The monoisotopic (exact) mass is 231 g/mol. The Morgan fingerprint density at radius 3 is 2.76 bits per heavy atom. The molecule has 2 nitrogen and oxygen atoms in total. The van der Waals surface area contributed by atoms with Crippen LogP contribution in [0.2, 0.25) is 0 Å². The van der Waals surface area contributed by atoms with E-state index < -0.39 is 0 Å². The van der Waals surface area contributed by atoms with Crippen molar-refractivity contribution in [2.45, 2.75) is 32.4 Å². The normalized spacial score (nSPS) is 12.0. The zero-order chi connectivity index (χ0) is 12.3. The minimum Gasteiger partial charge on any atom is -0.377 e. The molecule has 0 aliphatic rings. The molecule has 17 heavy (non-hydrogen) atoms. The molecule has 1 N–H and O–H groups in total. The summed E-state index contributed by atoms with van der Waals surface area (Å²) in [5.74, 6) is 2.69. The van der Waals surface area contributed by atoms with Crippen LogP contribution in [0.4, 0.5) is 0 Å². The third-order valence-corrected chi connectivity index (χ3v) is 2.58. The van der Waals surface area contributed by atoms with Crippen molar-refractivity contribution in [3.8, 4) is 12.3 Å². The molecular formula is C15H21NO. The Morgan fingerprint density at radius 2 is 2.12 bits per heavy atom. The van der Waals surface area contributed by atoms with Gasteiger partial charge in [-0.25, -0.2) is 0 Å². The van der Waals surface area contributed by atoms with Gasteiger partial charge in [0.15, 0.2) is 0 Å². The summed E-state index contributed by atoms with van der Waals surface area (Å²) in [6, 6.07) is 10.6. The molecule has 2 heteroatoms. The van der Waals surface area contributed by atoms with Crippen LogP contribution in [0.25, 0.3) is 0 Å². The van der Waals surface area contributed by atoms with Gasteiger partial charge in [-0.05, 0) is 18.5 Å². The highest BCUT2D eigenvalue weighted by molar-refractivity contribution is 5.13. The summed E-state index contributed by atoms with van der Waals surface area (Å²) in [4.78, 5) is 0. The lowest BCUT2D eigenvalue weighted by molar-refractivity contribution is 0.111. The van der Waals surface area contributed by atoms with E-state index >= 15 is 0 Å². The largest absolute Gasteiger partial charge is 0.377 e. The smallest absolute Gasteiger partial charge is 0.0716 e. The van der Waals surface area contributed by atoms with Crippen molar-refractivity contribution in [1.29, 1.82) is 0 Å². The second kappa shape index (κ2) is 8.81. The van der Waals surface area contributed by atoms with E-state index in [1.165, 1.54) is 5.56 Å². The molecular weight excluding hydrogens is 210 g/mol. The van der Waals surface area contributed by atoms with Crippen LogP contribution in [-0.2, 0) is 11.3 Å². The van der Waals surface area contributed by atoms with Crippen LogP contribution in [-0.4, -0.2) is 19.2 Å².